The SMILES string of the molecule is CC(C)(C)c1cc(S)cc(C(C)(C)C)c1Cl. The van der Waals surface area contributed by atoms with E-state index in [-0.39, 0.29) is 10.8 Å². The first-order chi connectivity index (χ1) is 7.03. The maximum absolute atomic E-state index is 6.52. The Hall–Kier alpha value is -0.140. The summed E-state index contributed by atoms with van der Waals surface area (Å²) < 4.78 is 0. The summed E-state index contributed by atoms with van der Waals surface area (Å²) in [4.78, 5) is 0.985. The second-order valence-corrected chi connectivity index (χ2v) is 7.25. The van der Waals surface area contributed by atoms with Crippen LogP contribution in [0.4, 0.5) is 0 Å². The van der Waals surface area contributed by atoms with Gasteiger partial charge in [-0.1, -0.05) is 53.1 Å². The summed E-state index contributed by atoms with van der Waals surface area (Å²) in [6.07, 6.45) is 0. The topological polar surface area (TPSA) is 0 Å². The van der Waals surface area contributed by atoms with Crippen molar-refractivity contribution in [3.63, 3.8) is 0 Å². The molecular formula is C14H21ClS. The maximum atomic E-state index is 6.52. The van der Waals surface area contributed by atoms with Crippen molar-refractivity contribution in [2.45, 2.75) is 57.3 Å². The number of thiol groups is 1. The van der Waals surface area contributed by atoms with Gasteiger partial charge in [0.1, 0.15) is 0 Å². The molecule has 0 aliphatic carbocycles. The molecule has 0 aliphatic rings. The molecule has 0 aromatic heterocycles. The Balaban J connectivity index is 3.51. The summed E-state index contributed by atoms with van der Waals surface area (Å²) in [6.45, 7) is 13.0. The molecule has 2 heteroatoms. The monoisotopic (exact) mass is 256 g/mol. The highest BCUT2D eigenvalue weighted by molar-refractivity contribution is 7.80. The number of halogens is 1. The largest absolute Gasteiger partial charge is 0.143 e. The third-order valence-corrected chi connectivity index (χ3v) is 3.34. The van der Waals surface area contributed by atoms with E-state index in [1.165, 1.54) is 11.1 Å². The standard InChI is InChI=1S/C14H21ClS/c1-13(2,3)10-7-9(16)8-11(12(10)15)14(4,5)6/h7-8,16H,1-6H3. The average molecular weight is 257 g/mol. The summed E-state index contributed by atoms with van der Waals surface area (Å²) in [5, 5.41) is 0.887. The smallest absolute Gasteiger partial charge is 0.0481 e. The highest BCUT2D eigenvalue weighted by Crippen LogP contribution is 2.38. The molecule has 0 fully saturated rings. The van der Waals surface area contributed by atoms with E-state index in [1.54, 1.807) is 0 Å². The highest BCUT2D eigenvalue weighted by Gasteiger charge is 2.25. The first-order valence-corrected chi connectivity index (χ1v) is 6.39. The minimum Gasteiger partial charge on any atom is -0.143 e. The van der Waals surface area contributed by atoms with Gasteiger partial charge in [0.25, 0.3) is 0 Å². The molecule has 0 atom stereocenters. The van der Waals surface area contributed by atoms with Crippen molar-refractivity contribution in [2.75, 3.05) is 0 Å². The van der Waals surface area contributed by atoms with E-state index in [0.717, 1.165) is 9.92 Å². The van der Waals surface area contributed by atoms with E-state index < -0.39 is 0 Å². The molecule has 0 spiro atoms. The summed E-state index contributed by atoms with van der Waals surface area (Å²) >= 11 is 11.0. The van der Waals surface area contributed by atoms with Crippen LogP contribution in [0.25, 0.3) is 0 Å². The third-order valence-electron chi connectivity index (χ3n) is 2.67. The van der Waals surface area contributed by atoms with E-state index in [4.69, 9.17) is 11.6 Å². The van der Waals surface area contributed by atoms with Crippen LogP contribution in [0.2, 0.25) is 5.02 Å². The first-order valence-electron chi connectivity index (χ1n) is 5.57. The molecule has 0 heterocycles. The molecule has 0 aliphatic heterocycles. The van der Waals surface area contributed by atoms with Crippen molar-refractivity contribution in [2.24, 2.45) is 0 Å². The van der Waals surface area contributed by atoms with Gasteiger partial charge in [0.2, 0.25) is 0 Å². The van der Waals surface area contributed by atoms with Crippen LogP contribution in [0, 0.1) is 0 Å². The molecule has 1 aromatic carbocycles. The fourth-order valence-corrected chi connectivity index (χ4v) is 2.63. The minimum atomic E-state index is 0.0514. The summed E-state index contributed by atoms with van der Waals surface area (Å²) in [5.41, 5.74) is 2.45. The fraction of sp³-hybridized carbons (Fsp3) is 0.571. The van der Waals surface area contributed by atoms with Crippen molar-refractivity contribution in [3.05, 3.63) is 28.3 Å². The van der Waals surface area contributed by atoms with Gasteiger partial charge in [-0.3, -0.25) is 0 Å². The van der Waals surface area contributed by atoms with Crippen LogP contribution < -0.4 is 0 Å². The Morgan fingerprint density at radius 3 is 1.44 bits per heavy atom. The predicted molar refractivity (Wildman–Crippen MR) is 76.1 cm³/mol. The molecule has 0 unspecified atom stereocenters. The van der Waals surface area contributed by atoms with Crippen molar-refractivity contribution in [3.8, 4) is 0 Å². The van der Waals surface area contributed by atoms with Gasteiger partial charge in [0.15, 0.2) is 0 Å². The van der Waals surface area contributed by atoms with Gasteiger partial charge < -0.3 is 0 Å². The highest BCUT2D eigenvalue weighted by atomic mass is 35.5. The molecule has 90 valence electrons. The van der Waals surface area contributed by atoms with Gasteiger partial charge in [0.05, 0.1) is 0 Å². The summed E-state index contributed by atoms with van der Waals surface area (Å²) in [7, 11) is 0. The van der Waals surface area contributed by atoms with Gasteiger partial charge in [-0.2, -0.15) is 0 Å². The van der Waals surface area contributed by atoms with Crippen LogP contribution in [0.3, 0.4) is 0 Å². The van der Waals surface area contributed by atoms with Crippen molar-refractivity contribution < 1.29 is 0 Å². The van der Waals surface area contributed by atoms with Gasteiger partial charge >= 0.3 is 0 Å². The Morgan fingerprint density at radius 1 is 0.875 bits per heavy atom. The van der Waals surface area contributed by atoms with E-state index in [2.05, 4.69) is 66.3 Å². The van der Waals surface area contributed by atoms with Crippen molar-refractivity contribution in [1.82, 2.24) is 0 Å². The molecule has 0 radical (unpaired) electrons. The van der Waals surface area contributed by atoms with Crippen LogP contribution >= 0.6 is 24.2 Å². The van der Waals surface area contributed by atoms with Gasteiger partial charge in [-0.05, 0) is 34.1 Å². The third kappa shape index (κ3) is 2.95. The molecule has 16 heavy (non-hydrogen) atoms. The van der Waals surface area contributed by atoms with Crippen molar-refractivity contribution in [1.29, 1.82) is 0 Å². The molecule has 1 rings (SSSR count). The number of hydrogen-bond acceptors (Lipinski definition) is 1. The fourth-order valence-electron chi connectivity index (χ4n) is 1.70. The predicted octanol–water partition coefficient (Wildman–Crippen LogP) is 5.22. The van der Waals surface area contributed by atoms with E-state index >= 15 is 0 Å². The Morgan fingerprint density at radius 2 is 1.19 bits per heavy atom. The number of benzene rings is 1. The van der Waals surface area contributed by atoms with Gasteiger partial charge in [-0.25, -0.2) is 0 Å². The summed E-state index contributed by atoms with van der Waals surface area (Å²) in [5.74, 6) is 0. The molecule has 0 amide bonds. The normalized spacial score (nSPS) is 13.0. The number of hydrogen-bond donors (Lipinski definition) is 1. The molecule has 0 nitrogen and oxygen atoms in total. The second-order valence-electron chi connectivity index (χ2n) is 6.35. The molecular weight excluding hydrogens is 236 g/mol. The minimum absolute atomic E-state index is 0.0514. The van der Waals surface area contributed by atoms with Crippen molar-refractivity contribution >= 4 is 24.2 Å². The maximum Gasteiger partial charge on any atom is 0.0481 e. The lowest BCUT2D eigenvalue weighted by molar-refractivity contribution is 0.566. The second kappa shape index (κ2) is 4.27. The molecule has 0 saturated carbocycles. The zero-order chi connectivity index (χ0) is 12.7. The lowest BCUT2D eigenvalue weighted by Crippen LogP contribution is -2.17. The van der Waals surface area contributed by atoms with Crippen LogP contribution in [-0.4, -0.2) is 0 Å². The van der Waals surface area contributed by atoms with Crippen LogP contribution in [0.1, 0.15) is 52.7 Å². The van der Waals surface area contributed by atoms with Gasteiger partial charge in [0, 0.05) is 9.92 Å². The summed E-state index contributed by atoms with van der Waals surface area (Å²) in [6, 6.07) is 4.14. The van der Waals surface area contributed by atoms with Gasteiger partial charge in [-0.15, -0.1) is 12.6 Å². The lowest BCUT2D eigenvalue weighted by atomic mass is 9.80. The Bertz CT molecular complexity index is 359. The van der Waals surface area contributed by atoms with E-state index in [0.29, 0.717) is 0 Å². The lowest BCUT2D eigenvalue weighted by Gasteiger charge is -2.27. The number of rotatable bonds is 0. The molecule has 1 aromatic rings. The molecule has 0 saturated heterocycles. The zero-order valence-electron chi connectivity index (χ0n) is 11.0. The van der Waals surface area contributed by atoms with E-state index in [1.807, 2.05) is 0 Å². The molecule has 0 N–H and O–H groups in total. The Labute approximate surface area is 110 Å². The van der Waals surface area contributed by atoms with Crippen LogP contribution in [-0.2, 0) is 10.8 Å². The average Bonchev–Trinajstić information content (AvgIpc) is 2.04. The first kappa shape index (κ1) is 13.9. The van der Waals surface area contributed by atoms with E-state index in [9.17, 15) is 0 Å². The van der Waals surface area contributed by atoms with Crippen LogP contribution in [0.15, 0.2) is 17.0 Å². The quantitative estimate of drug-likeness (QED) is 0.604. The molecule has 0 bridgehead atoms. The van der Waals surface area contributed by atoms with Crippen LogP contribution in [0.5, 0.6) is 0 Å². The zero-order valence-corrected chi connectivity index (χ0v) is 12.6. The Kier molecular flexibility index (Phi) is 3.71.